The number of ketones is 1. The van der Waals surface area contributed by atoms with Crippen LogP contribution in [0, 0.1) is 0 Å². The number of furan rings is 1. The zero-order valence-electron chi connectivity index (χ0n) is 13.7. The molecule has 4 rings (SSSR count). The van der Waals surface area contributed by atoms with Gasteiger partial charge in [0.15, 0.2) is 11.5 Å². The number of para-hydroxylation sites is 1. The van der Waals surface area contributed by atoms with Gasteiger partial charge < -0.3 is 9.52 Å². The van der Waals surface area contributed by atoms with E-state index in [-0.39, 0.29) is 22.1 Å². The third-order valence-electron chi connectivity index (χ3n) is 4.32. The first-order valence-electron chi connectivity index (χ1n) is 8.10. The Balaban J connectivity index is 1.87. The normalized spacial score (nSPS) is 19.5. The number of anilines is 1. The van der Waals surface area contributed by atoms with E-state index in [0.29, 0.717) is 11.3 Å². The van der Waals surface area contributed by atoms with Crippen molar-refractivity contribution in [3.8, 4) is 0 Å². The van der Waals surface area contributed by atoms with Crippen molar-refractivity contribution in [3.63, 3.8) is 0 Å². The van der Waals surface area contributed by atoms with Crippen LogP contribution in [-0.2, 0) is 5.72 Å². The van der Waals surface area contributed by atoms with Crippen molar-refractivity contribution in [2.24, 2.45) is 0 Å². The Morgan fingerprint density at radius 3 is 2.23 bits per heavy atom. The summed E-state index contributed by atoms with van der Waals surface area (Å²) in [6, 6.07) is 21.6. The predicted octanol–water partition coefficient (Wildman–Crippen LogP) is 4.08. The molecule has 2 heterocycles. The van der Waals surface area contributed by atoms with E-state index >= 15 is 0 Å². The first-order valence-corrected chi connectivity index (χ1v) is 8.50. The van der Waals surface area contributed by atoms with E-state index in [1.54, 1.807) is 29.2 Å². The molecule has 3 aromatic rings. The lowest BCUT2D eigenvalue weighted by Crippen LogP contribution is -2.44. The second-order valence-corrected chi connectivity index (χ2v) is 6.32. The van der Waals surface area contributed by atoms with Gasteiger partial charge in [-0.15, -0.1) is 0 Å². The molecule has 1 atom stereocenters. The van der Waals surface area contributed by atoms with Crippen molar-refractivity contribution in [1.82, 2.24) is 0 Å². The molecule has 1 N–H and O–H groups in total. The summed E-state index contributed by atoms with van der Waals surface area (Å²) in [6.07, 6.45) is 2.94. The monoisotopic (exact) mass is 361 g/mol. The zero-order chi connectivity index (χ0) is 18.1. The van der Waals surface area contributed by atoms with E-state index in [1.165, 1.54) is 12.3 Å². The molecule has 0 amide bonds. The highest BCUT2D eigenvalue weighted by molar-refractivity contribution is 7.81. The van der Waals surface area contributed by atoms with Gasteiger partial charge in [-0.2, -0.15) is 0 Å². The van der Waals surface area contributed by atoms with Gasteiger partial charge in [-0.25, -0.2) is 0 Å². The largest absolute Gasteiger partial charge is 0.461 e. The van der Waals surface area contributed by atoms with E-state index in [1.807, 2.05) is 48.5 Å². The van der Waals surface area contributed by atoms with Gasteiger partial charge in [0.05, 0.1) is 11.8 Å². The Kier molecular flexibility index (Phi) is 4.03. The minimum absolute atomic E-state index is 0.184. The molecule has 5 heteroatoms. The third kappa shape index (κ3) is 2.58. The summed E-state index contributed by atoms with van der Waals surface area (Å²) in [5.41, 5.74) is -0.00181. The molecule has 0 spiro atoms. The predicted molar refractivity (Wildman–Crippen MR) is 103 cm³/mol. The number of carbonyl (C=O) groups is 1. The Labute approximate surface area is 156 Å². The third-order valence-corrected chi connectivity index (χ3v) is 4.73. The van der Waals surface area contributed by atoms with Gasteiger partial charge >= 0.3 is 0 Å². The molecule has 2 aromatic carbocycles. The molecule has 128 valence electrons. The van der Waals surface area contributed by atoms with Crippen LogP contribution in [0.3, 0.4) is 0 Å². The Hall–Kier alpha value is -3.02. The van der Waals surface area contributed by atoms with Gasteiger partial charge in [0.1, 0.15) is 4.99 Å². The quantitative estimate of drug-likeness (QED) is 0.560. The molecule has 4 nitrogen and oxygen atoms in total. The number of Topliss-reactive ketones (excluding diaryl/α,β-unsaturated/α-hetero) is 1. The summed E-state index contributed by atoms with van der Waals surface area (Å²) in [6.45, 7) is 0. The lowest BCUT2D eigenvalue weighted by molar-refractivity contribution is 0.0984. The lowest BCUT2D eigenvalue weighted by Gasteiger charge is -2.35. The van der Waals surface area contributed by atoms with Crippen molar-refractivity contribution >= 4 is 28.7 Å². The average Bonchev–Trinajstić information content (AvgIpc) is 3.30. The second-order valence-electron chi connectivity index (χ2n) is 5.93. The fraction of sp³-hybridized carbons (Fsp3) is 0.0476. The smallest absolute Gasteiger partial charge is 0.231 e. The molecular weight excluding hydrogens is 346 g/mol. The molecule has 0 bridgehead atoms. The molecule has 1 aliphatic rings. The number of rotatable bonds is 4. The van der Waals surface area contributed by atoms with Crippen molar-refractivity contribution in [2.75, 3.05) is 4.90 Å². The molecule has 1 unspecified atom stereocenters. The van der Waals surface area contributed by atoms with Gasteiger partial charge in [-0.1, -0.05) is 60.7 Å². The van der Waals surface area contributed by atoms with E-state index in [4.69, 9.17) is 16.6 Å². The van der Waals surface area contributed by atoms with Crippen LogP contribution in [0.15, 0.2) is 95.1 Å². The van der Waals surface area contributed by atoms with E-state index < -0.39 is 5.72 Å². The van der Waals surface area contributed by atoms with Crippen molar-refractivity contribution in [3.05, 3.63) is 102 Å². The first kappa shape index (κ1) is 16.4. The summed E-state index contributed by atoms with van der Waals surface area (Å²) in [5, 5.41) is 11.5. The second kappa shape index (κ2) is 6.37. The summed E-state index contributed by atoms with van der Waals surface area (Å²) in [7, 11) is 0. The molecule has 0 saturated heterocycles. The number of hydrogen-bond donors (Lipinski definition) is 1. The first-order chi connectivity index (χ1) is 12.6. The van der Waals surface area contributed by atoms with Crippen molar-refractivity contribution < 1.29 is 14.3 Å². The molecule has 0 aliphatic carbocycles. The molecule has 1 aromatic heterocycles. The van der Waals surface area contributed by atoms with Crippen molar-refractivity contribution in [2.45, 2.75) is 5.72 Å². The van der Waals surface area contributed by atoms with Gasteiger partial charge in [0, 0.05) is 11.3 Å². The molecule has 0 saturated carbocycles. The lowest BCUT2D eigenvalue weighted by atomic mass is 10.0. The number of benzene rings is 2. The van der Waals surface area contributed by atoms with Gasteiger partial charge in [0.25, 0.3) is 0 Å². The Morgan fingerprint density at radius 2 is 1.62 bits per heavy atom. The summed E-state index contributed by atoms with van der Waals surface area (Å²) < 4.78 is 5.22. The van der Waals surface area contributed by atoms with Crippen LogP contribution in [0.2, 0.25) is 0 Å². The van der Waals surface area contributed by atoms with Crippen LogP contribution >= 0.6 is 12.2 Å². The standard InChI is InChI=1S/C21H15NO3S/c23-19(18-12-7-13-25-18)17-14-21(24,15-8-3-1-4-9-15)22(20(17)26)16-10-5-2-6-11-16/h1-14,24H. The minimum Gasteiger partial charge on any atom is -0.461 e. The average molecular weight is 361 g/mol. The number of hydrogen-bond acceptors (Lipinski definition) is 4. The minimum atomic E-state index is -1.56. The highest BCUT2D eigenvalue weighted by Crippen LogP contribution is 2.40. The fourth-order valence-corrected chi connectivity index (χ4v) is 3.49. The van der Waals surface area contributed by atoms with Crippen LogP contribution in [0.4, 0.5) is 5.69 Å². The summed E-state index contributed by atoms with van der Waals surface area (Å²) in [5.74, 6) is -0.170. The van der Waals surface area contributed by atoms with Crippen LogP contribution in [0.25, 0.3) is 0 Å². The SMILES string of the molecule is O=C(C1=CC(O)(c2ccccc2)N(c2ccccc2)C1=S)c1ccco1. The van der Waals surface area contributed by atoms with Gasteiger partial charge in [-0.3, -0.25) is 9.69 Å². The molecule has 1 aliphatic heterocycles. The maximum atomic E-state index is 12.8. The van der Waals surface area contributed by atoms with Crippen LogP contribution in [-0.4, -0.2) is 15.9 Å². The molecule has 0 fully saturated rings. The van der Waals surface area contributed by atoms with Gasteiger partial charge in [-0.05, 0) is 30.3 Å². The van der Waals surface area contributed by atoms with Crippen LogP contribution < -0.4 is 4.90 Å². The Morgan fingerprint density at radius 1 is 0.962 bits per heavy atom. The summed E-state index contributed by atoms with van der Waals surface area (Å²) in [4.78, 5) is 14.7. The van der Waals surface area contributed by atoms with Crippen molar-refractivity contribution in [1.29, 1.82) is 0 Å². The highest BCUT2D eigenvalue weighted by Gasteiger charge is 2.46. The highest BCUT2D eigenvalue weighted by atomic mass is 32.1. The van der Waals surface area contributed by atoms with Crippen LogP contribution in [0.5, 0.6) is 0 Å². The topological polar surface area (TPSA) is 53.7 Å². The van der Waals surface area contributed by atoms with Crippen LogP contribution in [0.1, 0.15) is 16.1 Å². The molecule has 0 radical (unpaired) electrons. The maximum absolute atomic E-state index is 12.8. The Bertz CT molecular complexity index is 981. The van der Waals surface area contributed by atoms with E-state index in [0.717, 1.165) is 0 Å². The fourth-order valence-electron chi connectivity index (χ4n) is 3.09. The maximum Gasteiger partial charge on any atom is 0.231 e. The number of nitrogens with zero attached hydrogens (tertiary/aromatic N) is 1. The van der Waals surface area contributed by atoms with E-state index in [9.17, 15) is 9.90 Å². The summed E-state index contributed by atoms with van der Waals surface area (Å²) >= 11 is 5.58. The number of carbonyl (C=O) groups excluding carboxylic acids is 1. The molecule has 26 heavy (non-hydrogen) atoms. The number of aliphatic hydroxyl groups is 1. The zero-order valence-corrected chi connectivity index (χ0v) is 14.5. The van der Waals surface area contributed by atoms with E-state index in [2.05, 4.69) is 0 Å². The molecular formula is C21H15NO3S. The van der Waals surface area contributed by atoms with Gasteiger partial charge in [0.2, 0.25) is 5.78 Å². The number of thiocarbonyl (C=S) groups is 1.